The van der Waals surface area contributed by atoms with Gasteiger partial charge in [-0.2, -0.15) is 0 Å². The highest BCUT2D eigenvalue weighted by molar-refractivity contribution is 7.89. The molecule has 0 amide bonds. The molecule has 1 rings (SSSR count). The minimum absolute atomic E-state index is 0.135. The Bertz CT molecular complexity index is 547. The van der Waals surface area contributed by atoms with Crippen LogP contribution >= 0.6 is 0 Å². The van der Waals surface area contributed by atoms with E-state index in [9.17, 15) is 17.2 Å². The van der Waals surface area contributed by atoms with Crippen LogP contribution in [-0.4, -0.2) is 40.5 Å². The van der Waals surface area contributed by atoms with Crippen LogP contribution in [0.4, 0.5) is 14.5 Å². The van der Waals surface area contributed by atoms with Crippen LogP contribution in [0, 0.1) is 11.6 Å². The summed E-state index contributed by atoms with van der Waals surface area (Å²) in [6.07, 6.45) is 0.554. The minimum Gasteiger partial charge on any atom is -0.399 e. The van der Waals surface area contributed by atoms with Gasteiger partial charge in [-0.15, -0.1) is 0 Å². The van der Waals surface area contributed by atoms with Crippen LogP contribution in [0.1, 0.15) is 6.42 Å². The monoisotopic (exact) mass is 293 g/mol. The van der Waals surface area contributed by atoms with Crippen molar-refractivity contribution in [3.63, 3.8) is 0 Å². The lowest BCUT2D eigenvalue weighted by Crippen LogP contribution is -2.28. The topological polar surface area (TPSA) is 75.4 Å². The summed E-state index contributed by atoms with van der Waals surface area (Å²) in [6.45, 7) is 0.812. The number of nitrogens with zero attached hydrogens (tertiary/aromatic N) is 1. The number of nitrogen functional groups attached to an aromatic ring is 1. The molecule has 108 valence electrons. The summed E-state index contributed by atoms with van der Waals surface area (Å²) in [7, 11) is -0.400. The molecule has 0 fully saturated rings. The molecule has 5 nitrogen and oxygen atoms in total. The third-order valence-electron chi connectivity index (χ3n) is 2.38. The molecule has 0 saturated heterocycles. The number of nitrogens with one attached hydrogen (secondary N) is 1. The Labute approximate surface area is 111 Å². The van der Waals surface area contributed by atoms with E-state index in [4.69, 9.17) is 5.73 Å². The molecule has 8 heteroatoms. The van der Waals surface area contributed by atoms with Crippen LogP contribution in [-0.2, 0) is 10.0 Å². The molecule has 0 atom stereocenters. The molecule has 0 aliphatic rings. The summed E-state index contributed by atoms with van der Waals surface area (Å²) >= 11 is 0. The lowest BCUT2D eigenvalue weighted by Gasteiger charge is -2.11. The Kier molecular flexibility index (Phi) is 5.21. The zero-order chi connectivity index (χ0) is 14.6. The first-order valence-corrected chi connectivity index (χ1v) is 7.11. The van der Waals surface area contributed by atoms with Crippen molar-refractivity contribution in [1.82, 2.24) is 9.62 Å². The Morgan fingerprint density at radius 3 is 2.53 bits per heavy atom. The third kappa shape index (κ3) is 4.41. The maximum Gasteiger partial charge on any atom is 0.243 e. The smallest absolute Gasteiger partial charge is 0.243 e. The van der Waals surface area contributed by atoms with Gasteiger partial charge >= 0.3 is 0 Å². The Morgan fingerprint density at radius 2 is 1.95 bits per heavy atom. The lowest BCUT2D eigenvalue weighted by molar-refractivity contribution is 0.399. The zero-order valence-electron chi connectivity index (χ0n) is 10.8. The van der Waals surface area contributed by atoms with Crippen molar-refractivity contribution in [3.8, 4) is 0 Å². The largest absolute Gasteiger partial charge is 0.399 e. The number of nitrogens with two attached hydrogens (primary N) is 1. The normalized spacial score (nSPS) is 12.1. The van der Waals surface area contributed by atoms with Gasteiger partial charge in [-0.25, -0.2) is 21.9 Å². The van der Waals surface area contributed by atoms with Crippen molar-refractivity contribution in [2.45, 2.75) is 11.3 Å². The van der Waals surface area contributed by atoms with E-state index in [1.165, 1.54) is 0 Å². The minimum atomic E-state index is -4.10. The molecule has 0 unspecified atom stereocenters. The molecule has 0 aliphatic heterocycles. The highest BCUT2D eigenvalue weighted by Gasteiger charge is 2.22. The van der Waals surface area contributed by atoms with Gasteiger partial charge in [0, 0.05) is 12.2 Å². The average Bonchev–Trinajstić information content (AvgIpc) is 2.29. The summed E-state index contributed by atoms with van der Waals surface area (Å²) in [6, 6.07) is 1.63. The summed E-state index contributed by atoms with van der Waals surface area (Å²) in [5.41, 5.74) is 5.17. The molecule has 1 aromatic carbocycles. The van der Waals surface area contributed by atoms with Crippen LogP contribution in [0.5, 0.6) is 0 Å². The molecular formula is C11H17F2N3O2S. The van der Waals surface area contributed by atoms with Gasteiger partial charge in [0.1, 0.15) is 4.90 Å². The number of hydrogen-bond donors (Lipinski definition) is 2. The van der Waals surface area contributed by atoms with E-state index >= 15 is 0 Å². The van der Waals surface area contributed by atoms with Crippen molar-refractivity contribution in [1.29, 1.82) is 0 Å². The predicted octanol–water partition coefficient (Wildman–Crippen LogP) is 0.777. The van der Waals surface area contributed by atoms with Crippen molar-refractivity contribution >= 4 is 15.7 Å². The van der Waals surface area contributed by atoms with Crippen molar-refractivity contribution < 1.29 is 17.2 Å². The summed E-state index contributed by atoms with van der Waals surface area (Å²) in [5, 5.41) is 0. The van der Waals surface area contributed by atoms with E-state index < -0.39 is 26.6 Å². The van der Waals surface area contributed by atoms with E-state index in [0.717, 1.165) is 12.1 Å². The molecule has 0 spiro atoms. The Balaban J connectivity index is 2.83. The molecule has 0 bridgehead atoms. The third-order valence-corrected chi connectivity index (χ3v) is 3.84. The molecule has 0 heterocycles. The van der Waals surface area contributed by atoms with Gasteiger partial charge in [0.2, 0.25) is 10.0 Å². The fraction of sp³-hybridized carbons (Fsp3) is 0.455. The zero-order valence-corrected chi connectivity index (χ0v) is 11.6. The second kappa shape index (κ2) is 6.27. The fourth-order valence-corrected chi connectivity index (χ4v) is 2.65. The summed E-state index contributed by atoms with van der Waals surface area (Å²) < 4.78 is 52.4. The van der Waals surface area contributed by atoms with E-state index in [1.807, 2.05) is 19.0 Å². The van der Waals surface area contributed by atoms with Gasteiger partial charge in [-0.3, -0.25) is 0 Å². The molecular weight excluding hydrogens is 276 g/mol. The molecule has 0 radical (unpaired) electrons. The molecule has 0 saturated carbocycles. The number of anilines is 1. The van der Waals surface area contributed by atoms with Gasteiger partial charge in [0.05, 0.1) is 0 Å². The first-order chi connectivity index (χ1) is 8.74. The second-order valence-corrected chi connectivity index (χ2v) is 6.10. The first-order valence-electron chi connectivity index (χ1n) is 5.63. The Hall–Kier alpha value is -1.25. The van der Waals surface area contributed by atoms with Crippen molar-refractivity contribution in [3.05, 3.63) is 23.8 Å². The number of benzene rings is 1. The van der Waals surface area contributed by atoms with E-state index in [-0.39, 0.29) is 12.2 Å². The van der Waals surface area contributed by atoms with Gasteiger partial charge in [0.15, 0.2) is 11.6 Å². The van der Waals surface area contributed by atoms with Crippen LogP contribution < -0.4 is 10.5 Å². The maximum absolute atomic E-state index is 13.5. The van der Waals surface area contributed by atoms with Gasteiger partial charge in [-0.05, 0) is 39.2 Å². The van der Waals surface area contributed by atoms with Gasteiger partial charge < -0.3 is 10.6 Å². The SMILES string of the molecule is CN(C)CCCNS(=O)(=O)c1cc(N)cc(F)c1F. The second-order valence-electron chi connectivity index (χ2n) is 4.37. The van der Waals surface area contributed by atoms with Crippen molar-refractivity contribution in [2.24, 2.45) is 0 Å². The quantitative estimate of drug-likeness (QED) is 0.600. The molecule has 3 N–H and O–H groups in total. The molecule has 19 heavy (non-hydrogen) atoms. The standard InChI is InChI=1S/C11H17F2N3O2S/c1-16(2)5-3-4-15-19(17,18)10-7-8(14)6-9(12)11(10)13/h6-7,15H,3-5,14H2,1-2H3. The highest BCUT2D eigenvalue weighted by atomic mass is 32.2. The highest BCUT2D eigenvalue weighted by Crippen LogP contribution is 2.20. The summed E-state index contributed by atoms with van der Waals surface area (Å²) in [5.74, 6) is -2.71. The molecule has 0 aliphatic carbocycles. The number of hydrogen-bond acceptors (Lipinski definition) is 4. The van der Waals surface area contributed by atoms with Crippen LogP contribution in [0.2, 0.25) is 0 Å². The van der Waals surface area contributed by atoms with Crippen LogP contribution in [0.15, 0.2) is 17.0 Å². The predicted molar refractivity (Wildman–Crippen MR) is 69.1 cm³/mol. The van der Waals surface area contributed by atoms with Gasteiger partial charge in [-0.1, -0.05) is 0 Å². The molecule has 1 aromatic rings. The van der Waals surface area contributed by atoms with E-state index in [1.54, 1.807) is 0 Å². The molecule has 0 aromatic heterocycles. The van der Waals surface area contributed by atoms with Gasteiger partial charge in [0.25, 0.3) is 0 Å². The van der Waals surface area contributed by atoms with Crippen LogP contribution in [0.3, 0.4) is 0 Å². The summed E-state index contributed by atoms with van der Waals surface area (Å²) in [4.78, 5) is 1.12. The number of rotatable bonds is 6. The fourth-order valence-electron chi connectivity index (χ4n) is 1.46. The Morgan fingerprint density at radius 1 is 1.32 bits per heavy atom. The number of halogens is 2. The van der Waals surface area contributed by atoms with Crippen molar-refractivity contribution in [2.75, 3.05) is 32.9 Å². The maximum atomic E-state index is 13.5. The number of sulfonamides is 1. The van der Waals surface area contributed by atoms with Crippen LogP contribution in [0.25, 0.3) is 0 Å². The van der Waals surface area contributed by atoms with E-state index in [2.05, 4.69) is 4.72 Å². The van der Waals surface area contributed by atoms with E-state index in [0.29, 0.717) is 13.0 Å². The lowest BCUT2D eigenvalue weighted by atomic mass is 10.3. The average molecular weight is 293 g/mol. The first kappa shape index (κ1) is 15.8.